The van der Waals surface area contributed by atoms with Crippen LogP contribution in [0.15, 0.2) is 36.5 Å². The predicted octanol–water partition coefficient (Wildman–Crippen LogP) is 4.93. The van der Waals surface area contributed by atoms with Crippen molar-refractivity contribution in [1.29, 1.82) is 0 Å². The summed E-state index contributed by atoms with van der Waals surface area (Å²) in [6.07, 6.45) is 4.94. The fourth-order valence-corrected chi connectivity index (χ4v) is 3.25. The summed E-state index contributed by atoms with van der Waals surface area (Å²) in [6.45, 7) is 10.1. The van der Waals surface area contributed by atoms with Crippen molar-refractivity contribution in [2.75, 3.05) is 13.1 Å². The summed E-state index contributed by atoms with van der Waals surface area (Å²) in [5.41, 5.74) is 3.08. The Morgan fingerprint density at radius 3 is 2.42 bits per heavy atom. The zero-order chi connectivity index (χ0) is 22.6. The molecule has 0 aliphatic rings. The minimum atomic E-state index is -0.0546. The number of carbonyl (C=O) groups excluding carboxylic acids is 2. The quantitative estimate of drug-likeness (QED) is 0.524. The third-order valence-corrected chi connectivity index (χ3v) is 4.98. The van der Waals surface area contributed by atoms with Gasteiger partial charge in [0.2, 0.25) is 17.7 Å². The number of aromatic nitrogens is 1. The summed E-state index contributed by atoms with van der Waals surface area (Å²) in [6, 6.07) is 9.75. The lowest BCUT2D eigenvalue weighted by atomic mass is 10.1. The number of aryl methyl sites for hydroxylation is 2. The first kappa shape index (κ1) is 24.4. The van der Waals surface area contributed by atoms with E-state index in [1.807, 2.05) is 43.0 Å². The Morgan fingerprint density at radius 1 is 1.03 bits per heavy atom. The molecule has 31 heavy (non-hydrogen) atoms. The molecule has 6 nitrogen and oxygen atoms in total. The smallest absolute Gasteiger partial charge is 0.222 e. The molecule has 2 rings (SSSR count). The van der Waals surface area contributed by atoms with Gasteiger partial charge in [-0.15, -0.1) is 0 Å². The molecule has 168 valence electrons. The van der Waals surface area contributed by atoms with Crippen molar-refractivity contribution in [2.24, 2.45) is 0 Å². The van der Waals surface area contributed by atoms with Crippen molar-refractivity contribution < 1.29 is 14.3 Å². The average Bonchev–Trinajstić information content (AvgIpc) is 2.75. The second-order valence-electron chi connectivity index (χ2n) is 7.89. The first-order chi connectivity index (χ1) is 14.9. The Balaban J connectivity index is 1.74. The van der Waals surface area contributed by atoms with Gasteiger partial charge >= 0.3 is 0 Å². The van der Waals surface area contributed by atoms with E-state index in [1.165, 1.54) is 0 Å². The first-order valence-electron chi connectivity index (χ1n) is 11.2. The number of rotatable bonds is 12. The van der Waals surface area contributed by atoms with Crippen LogP contribution in [-0.2, 0) is 16.1 Å². The van der Waals surface area contributed by atoms with Crippen LogP contribution >= 0.6 is 0 Å². The Labute approximate surface area is 186 Å². The molecule has 6 heteroatoms. The van der Waals surface area contributed by atoms with Crippen molar-refractivity contribution in [2.45, 2.75) is 66.3 Å². The lowest BCUT2D eigenvalue weighted by Gasteiger charge is -2.21. The van der Waals surface area contributed by atoms with Gasteiger partial charge < -0.3 is 15.0 Å². The summed E-state index contributed by atoms with van der Waals surface area (Å²) in [4.78, 5) is 30.6. The van der Waals surface area contributed by atoms with Gasteiger partial charge in [0.05, 0.1) is 0 Å². The molecule has 0 saturated carbocycles. The molecule has 0 atom stereocenters. The van der Waals surface area contributed by atoms with Crippen molar-refractivity contribution in [3.63, 3.8) is 0 Å². The van der Waals surface area contributed by atoms with Gasteiger partial charge in [0.1, 0.15) is 5.75 Å². The summed E-state index contributed by atoms with van der Waals surface area (Å²) in [7, 11) is 0. The Morgan fingerprint density at radius 2 is 1.77 bits per heavy atom. The second-order valence-corrected chi connectivity index (χ2v) is 7.89. The minimum Gasteiger partial charge on any atom is -0.439 e. The molecule has 0 bridgehead atoms. The Hall–Kier alpha value is -2.89. The van der Waals surface area contributed by atoms with E-state index in [-0.39, 0.29) is 11.8 Å². The third kappa shape index (κ3) is 8.40. The first-order valence-corrected chi connectivity index (χ1v) is 11.2. The number of hydrogen-bond donors (Lipinski definition) is 1. The summed E-state index contributed by atoms with van der Waals surface area (Å²) < 4.78 is 5.87. The van der Waals surface area contributed by atoms with Crippen molar-refractivity contribution in [3.05, 3.63) is 53.2 Å². The van der Waals surface area contributed by atoms with Gasteiger partial charge in [0, 0.05) is 44.7 Å². The molecular weight excluding hydrogens is 390 g/mol. The van der Waals surface area contributed by atoms with E-state index in [1.54, 1.807) is 12.3 Å². The van der Waals surface area contributed by atoms with Crippen LogP contribution in [0.2, 0.25) is 0 Å². The van der Waals surface area contributed by atoms with Crippen LogP contribution in [0.1, 0.15) is 62.6 Å². The van der Waals surface area contributed by atoms with E-state index in [9.17, 15) is 9.59 Å². The molecule has 0 spiro atoms. The second kappa shape index (κ2) is 12.7. The monoisotopic (exact) mass is 425 g/mol. The van der Waals surface area contributed by atoms with Gasteiger partial charge in [-0.25, -0.2) is 4.98 Å². The number of benzene rings is 1. The number of ether oxygens (including phenoxy) is 1. The van der Waals surface area contributed by atoms with E-state index < -0.39 is 0 Å². The van der Waals surface area contributed by atoms with Crippen LogP contribution < -0.4 is 10.1 Å². The van der Waals surface area contributed by atoms with Crippen molar-refractivity contribution >= 4 is 11.8 Å². The molecule has 2 amide bonds. The van der Waals surface area contributed by atoms with Crippen molar-refractivity contribution in [3.8, 4) is 11.6 Å². The summed E-state index contributed by atoms with van der Waals surface area (Å²) >= 11 is 0. The van der Waals surface area contributed by atoms with Gasteiger partial charge in [0.15, 0.2) is 0 Å². The lowest BCUT2D eigenvalue weighted by molar-refractivity contribution is -0.131. The number of nitrogens with zero attached hydrogens (tertiary/aromatic N) is 2. The Kier molecular flexibility index (Phi) is 10.0. The number of hydrogen-bond acceptors (Lipinski definition) is 4. The maximum absolute atomic E-state index is 12.3. The maximum Gasteiger partial charge on any atom is 0.222 e. The minimum absolute atomic E-state index is 0.0546. The topological polar surface area (TPSA) is 71.5 Å². The van der Waals surface area contributed by atoms with Gasteiger partial charge in [-0.3, -0.25) is 9.59 Å². The van der Waals surface area contributed by atoms with E-state index in [2.05, 4.69) is 24.1 Å². The van der Waals surface area contributed by atoms with E-state index in [0.29, 0.717) is 31.7 Å². The number of carbonyl (C=O) groups is 2. The lowest BCUT2D eigenvalue weighted by Crippen LogP contribution is -2.32. The van der Waals surface area contributed by atoms with E-state index in [0.717, 1.165) is 48.4 Å². The van der Waals surface area contributed by atoms with Crippen LogP contribution in [0.4, 0.5) is 0 Å². The fourth-order valence-electron chi connectivity index (χ4n) is 3.25. The molecule has 0 fully saturated rings. The summed E-state index contributed by atoms with van der Waals surface area (Å²) in [5, 5.41) is 2.89. The highest BCUT2D eigenvalue weighted by Gasteiger charge is 2.12. The van der Waals surface area contributed by atoms with Crippen molar-refractivity contribution in [1.82, 2.24) is 15.2 Å². The molecule has 1 N–H and O–H groups in total. The average molecular weight is 426 g/mol. The third-order valence-electron chi connectivity index (χ3n) is 4.98. The molecule has 1 heterocycles. The molecular formula is C25H35N3O3. The molecule has 2 aromatic rings. The molecule has 1 aromatic carbocycles. The van der Waals surface area contributed by atoms with Crippen LogP contribution in [0.25, 0.3) is 0 Å². The standard InChI is InChI=1S/C25H35N3O3/c1-5-14-28(15-6-2)25(30)9-7-8-23(29)26-17-21-12-13-24(27-18-21)31-22-16-19(3)10-11-20(22)4/h10-13,16,18H,5-9,14-15,17H2,1-4H3,(H,26,29). The maximum atomic E-state index is 12.3. The predicted molar refractivity (Wildman–Crippen MR) is 123 cm³/mol. The summed E-state index contributed by atoms with van der Waals surface area (Å²) in [5.74, 6) is 1.40. The largest absolute Gasteiger partial charge is 0.439 e. The normalized spacial score (nSPS) is 10.6. The Bertz CT molecular complexity index is 844. The molecule has 0 radical (unpaired) electrons. The number of amides is 2. The molecule has 0 saturated heterocycles. The van der Waals surface area contributed by atoms with Crippen LogP contribution in [0.5, 0.6) is 11.6 Å². The van der Waals surface area contributed by atoms with Gasteiger partial charge in [-0.1, -0.05) is 32.0 Å². The highest BCUT2D eigenvalue weighted by Crippen LogP contribution is 2.24. The molecule has 0 unspecified atom stereocenters. The van der Waals surface area contributed by atoms with Crippen LogP contribution in [0.3, 0.4) is 0 Å². The van der Waals surface area contributed by atoms with E-state index in [4.69, 9.17) is 4.74 Å². The zero-order valence-electron chi connectivity index (χ0n) is 19.2. The molecule has 0 aliphatic carbocycles. The van der Waals surface area contributed by atoms with Gasteiger partial charge in [0.25, 0.3) is 0 Å². The molecule has 0 aliphatic heterocycles. The highest BCUT2D eigenvalue weighted by atomic mass is 16.5. The van der Waals surface area contributed by atoms with Crippen LogP contribution in [0, 0.1) is 13.8 Å². The molecule has 1 aromatic heterocycles. The highest BCUT2D eigenvalue weighted by molar-refractivity contribution is 5.79. The number of pyridine rings is 1. The van der Waals surface area contributed by atoms with E-state index >= 15 is 0 Å². The number of nitrogens with one attached hydrogen (secondary N) is 1. The van der Waals surface area contributed by atoms with Gasteiger partial charge in [-0.05, 0) is 55.9 Å². The van der Waals surface area contributed by atoms with Crippen LogP contribution in [-0.4, -0.2) is 34.8 Å². The fraction of sp³-hybridized carbons (Fsp3) is 0.480. The zero-order valence-corrected chi connectivity index (χ0v) is 19.2. The van der Waals surface area contributed by atoms with Gasteiger partial charge in [-0.2, -0.15) is 0 Å². The SMILES string of the molecule is CCCN(CCC)C(=O)CCCC(=O)NCc1ccc(Oc2cc(C)ccc2C)nc1.